The molecule has 1 rings (SSSR count). The third kappa shape index (κ3) is 2.47. The van der Waals surface area contributed by atoms with Gasteiger partial charge >= 0.3 is 0 Å². The average Bonchev–Trinajstić information content (AvgIpc) is 2.18. The molecule has 1 unspecified atom stereocenters. The van der Waals surface area contributed by atoms with E-state index in [4.69, 9.17) is 16.3 Å². The Morgan fingerprint density at radius 1 is 1.46 bits per heavy atom. The Labute approximate surface area is 82.4 Å². The summed E-state index contributed by atoms with van der Waals surface area (Å²) in [5.74, 6) is 0.657. The van der Waals surface area contributed by atoms with Gasteiger partial charge in [-0.25, -0.2) is 0 Å². The largest absolute Gasteiger partial charge is 0.496 e. The molecule has 0 aromatic heterocycles. The normalized spacial score (nSPS) is 13.2. The molecule has 0 amide bonds. The Balaban J connectivity index is 2.98. The van der Waals surface area contributed by atoms with E-state index < -0.39 is 6.10 Å². The van der Waals surface area contributed by atoms with Gasteiger partial charge in [-0.05, 0) is 12.1 Å². The Morgan fingerprint density at radius 3 is 2.77 bits per heavy atom. The Bertz CT molecular complexity index is 297. The molecule has 0 radical (unpaired) electrons. The van der Waals surface area contributed by atoms with E-state index in [0.717, 1.165) is 0 Å². The van der Waals surface area contributed by atoms with Gasteiger partial charge in [0.25, 0.3) is 0 Å². The van der Waals surface area contributed by atoms with Crippen molar-refractivity contribution in [2.24, 2.45) is 0 Å². The van der Waals surface area contributed by atoms with E-state index in [9.17, 15) is 5.11 Å². The van der Waals surface area contributed by atoms with Crippen molar-refractivity contribution in [3.05, 3.63) is 41.4 Å². The van der Waals surface area contributed by atoms with Gasteiger partial charge in [-0.2, -0.15) is 0 Å². The van der Waals surface area contributed by atoms with E-state index in [1.807, 2.05) is 12.1 Å². The van der Waals surface area contributed by atoms with Crippen LogP contribution in [0.2, 0.25) is 0 Å². The maximum Gasteiger partial charge on any atom is 0.124 e. The second-order valence-electron chi connectivity index (χ2n) is 2.51. The predicted octanol–water partition coefficient (Wildman–Crippen LogP) is 2.48. The minimum atomic E-state index is -0.714. The quantitative estimate of drug-likeness (QED) is 0.809. The van der Waals surface area contributed by atoms with Crippen LogP contribution in [0.15, 0.2) is 35.9 Å². The van der Waals surface area contributed by atoms with Crippen LogP contribution in [0.4, 0.5) is 0 Å². The number of aliphatic hydroxyl groups excluding tert-OH is 1. The van der Waals surface area contributed by atoms with Crippen molar-refractivity contribution in [3.8, 4) is 5.75 Å². The van der Waals surface area contributed by atoms with Crippen LogP contribution in [0.1, 0.15) is 11.7 Å². The first-order chi connectivity index (χ1) is 6.29. The fourth-order valence-electron chi connectivity index (χ4n) is 1.08. The standard InChI is InChI=1S/C10H11ClO2/c1-13-10-5-3-2-4-8(10)9(12)6-7-11/h2-7,9,12H,1H3/b7-6+. The molecule has 70 valence electrons. The lowest BCUT2D eigenvalue weighted by molar-refractivity contribution is 0.223. The number of aliphatic hydroxyl groups is 1. The molecule has 0 heterocycles. The summed E-state index contributed by atoms with van der Waals surface area (Å²) in [6, 6.07) is 7.27. The highest BCUT2D eigenvalue weighted by Gasteiger charge is 2.08. The molecule has 0 bridgehead atoms. The van der Waals surface area contributed by atoms with Gasteiger partial charge in [0.05, 0.1) is 7.11 Å². The first-order valence-corrected chi connectivity index (χ1v) is 4.31. The summed E-state index contributed by atoms with van der Waals surface area (Å²) in [6.07, 6.45) is 0.771. The zero-order valence-corrected chi connectivity index (χ0v) is 8.03. The van der Waals surface area contributed by atoms with Crippen molar-refractivity contribution in [2.75, 3.05) is 7.11 Å². The minimum absolute atomic E-state index is 0.657. The van der Waals surface area contributed by atoms with Crippen LogP contribution in [-0.4, -0.2) is 12.2 Å². The summed E-state index contributed by atoms with van der Waals surface area (Å²) < 4.78 is 5.08. The van der Waals surface area contributed by atoms with E-state index in [1.165, 1.54) is 11.6 Å². The van der Waals surface area contributed by atoms with Crippen LogP contribution in [0.5, 0.6) is 5.75 Å². The van der Waals surface area contributed by atoms with Crippen molar-refractivity contribution in [1.29, 1.82) is 0 Å². The fraction of sp³-hybridized carbons (Fsp3) is 0.200. The Kier molecular flexibility index (Phi) is 3.80. The summed E-state index contributed by atoms with van der Waals surface area (Å²) >= 11 is 5.36. The van der Waals surface area contributed by atoms with Gasteiger partial charge in [-0.3, -0.25) is 0 Å². The van der Waals surface area contributed by atoms with E-state index >= 15 is 0 Å². The monoisotopic (exact) mass is 198 g/mol. The van der Waals surface area contributed by atoms with Crippen molar-refractivity contribution >= 4 is 11.6 Å². The van der Waals surface area contributed by atoms with Crippen molar-refractivity contribution in [1.82, 2.24) is 0 Å². The molecule has 0 saturated heterocycles. The maximum absolute atomic E-state index is 9.58. The summed E-state index contributed by atoms with van der Waals surface area (Å²) in [4.78, 5) is 0. The van der Waals surface area contributed by atoms with Gasteiger partial charge in [-0.15, -0.1) is 0 Å². The molecule has 1 N–H and O–H groups in total. The van der Waals surface area contributed by atoms with E-state index in [1.54, 1.807) is 19.2 Å². The fourth-order valence-corrected chi connectivity index (χ4v) is 1.22. The zero-order valence-electron chi connectivity index (χ0n) is 7.27. The van der Waals surface area contributed by atoms with E-state index in [-0.39, 0.29) is 0 Å². The number of methoxy groups -OCH3 is 1. The van der Waals surface area contributed by atoms with E-state index in [0.29, 0.717) is 11.3 Å². The van der Waals surface area contributed by atoms with Gasteiger partial charge in [0, 0.05) is 11.1 Å². The third-order valence-corrected chi connectivity index (χ3v) is 1.86. The summed E-state index contributed by atoms with van der Waals surface area (Å²) in [5.41, 5.74) is 2.00. The molecule has 3 heteroatoms. The van der Waals surface area contributed by atoms with Gasteiger partial charge < -0.3 is 9.84 Å². The lowest BCUT2D eigenvalue weighted by Crippen LogP contribution is -1.96. The number of benzene rings is 1. The SMILES string of the molecule is COc1ccccc1C(O)/C=C/Cl. The van der Waals surface area contributed by atoms with E-state index in [2.05, 4.69) is 0 Å². The van der Waals surface area contributed by atoms with Crippen LogP contribution in [-0.2, 0) is 0 Å². The molecular formula is C10H11ClO2. The number of hydrogen-bond acceptors (Lipinski definition) is 2. The minimum Gasteiger partial charge on any atom is -0.496 e. The number of hydrogen-bond donors (Lipinski definition) is 1. The maximum atomic E-state index is 9.58. The number of ether oxygens (including phenoxy) is 1. The number of para-hydroxylation sites is 1. The second-order valence-corrected chi connectivity index (χ2v) is 2.76. The zero-order chi connectivity index (χ0) is 9.68. The topological polar surface area (TPSA) is 29.5 Å². The van der Waals surface area contributed by atoms with Crippen LogP contribution >= 0.6 is 11.6 Å². The average molecular weight is 199 g/mol. The molecule has 0 aliphatic heterocycles. The molecular weight excluding hydrogens is 188 g/mol. The molecule has 0 aliphatic carbocycles. The predicted molar refractivity (Wildman–Crippen MR) is 52.9 cm³/mol. The third-order valence-electron chi connectivity index (χ3n) is 1.71. The highest BCUT2D eigenvalue weighted by atomic mass is 35.5. The highest BCUT2D eigenvalue weighted by Crippen LogP contribution is 2.25. The van der Waals surface area contributed by atoms with Gasteiger partial charge in [0.15, 0.2) is 0 Å². The smallest absolute Gasteiger partial charge is 0.124 e. The molecule has 0 aliphatic rings. The number of halogens is 1. The summed E-state index contributed by atoms with van der Waals surface area (Å²) in [5, 5.41) is 9.58. The molecule has 0 spiro atoms. The molecule has 0 fully saturated rings. The first-order valence-electron chi connectivity index (χ1n) is 3.87. The molecule has 1 aromatic carbocycles. The van der Waals surface area contributed by atoms with Crippen LogP contribution in [0.25, 0.3) is 0 Å². The highest BCUT2D eigenvalue weighted by molar-refractivity contribution is 6.25. The second kappa shape index (κ2) is 4.90. The lowest BCUT2D eigenvalue weighted by atomic mass is 10.1. The Morgan fingerprint density at radius 2 is 2.15 bits per heavy atom. The van der Waals surface area contributed by atoms with Crippen molar-refractivity contribution in [2.45, 2.75) is 6.10 Å². The lowest BCUT2D eigenvalue weighted by Gasteiger charge is -2.10. The number of rotatable bonds is 3. The van der Waals surface area contributed by atoms with Crippen LogP contribution in [0, 0.1) is 0 Å². The molecule has 1 atom stereocenters. The first kappa shape index (κ1) is 10.1. The Hall–Kier alpha value is -0.990. The van der Waals surface area contributed by atoms with Gasteiger partial charge in [-0.1, -0.05) is 29.8 Å². The van der Waals surface area contributed by atoms with Crippen LogP contribution < -0.4 is 4.74 Å². The summed E-state index contributed by atoms with van der Waals surface area (Å²) in [6.45, 7) is 0. The molecule has 0 saturated carbocycles. The molecule has 13 heavy (non-hydrogen) atoms. The summed E-state index contributed by atoms with van der Waals surface area (Å²) in [7, 11) is 1.57. The van der Waals surface area contributed by atoms with Gasteiger partial charge in [0.1, 0.15) is 11.9 Å². The van der Waals surface area contributed by atoms with Crippen molar-refractivity contribution < 1.29 is 9.84 Å². The van der Waals surface area contributed by atoms with Gasteiger partial charge in [0.2, 0.25) is 0 Å². The molecule has 2 nitrogen and oxygen atoms in total. The molecule has 1 aromatic rings. The van der Waals surface area contributed by atoms with Crippen molar-refractivity contribution in [3.63, 3.8) is 0 Å². The van der Waals surface area contributed by atoms with Crippen LogP contribution in [0.3, 0.4) is 0 Å².